The summed E-state index contributed by atoms with van der Waals surface area (Å²) in [5, 5.41) is 0. The maximum Gasteiger partial charge on any atom is 0.131 e. The van der Waals surface area contributed by atoms with E-state index in [9.17, 15) is 0 Å². The third-order valence-electron chi connectivity index (χ3n) is 3.88. The van der Waals surface area contributed by atoms with Gasteiger partial charge in [0.15, 0.2) is 0 Å². The molecule has 20 heavy (non-hydrogen) atoms. The van der Waals surface area contributed by atoms with Crippen molar-refractivity contribution >= 4 is 5.82 Å². The molecule has 2 heterocycles. The number of aryl methyl sites for hydroxylation is 1. The largest absolute Gasteiger partial charge is 0.494 e. The van der Waals surface area contributed by atoms with Gasteiger partial charge in [-0.25, -0.2) is 4.98 Å². The summed E-state index contributed by atoms with van der Waals surface area (Å²) in [7, 11) is 0. The highest BCUT2D eigenvalue weighted by Gasteiger charge is 2.21. The van der Waals surface area contributed by atoms with Crippen LogP contribution in [0.2, 0.25) is 0 Å². The SMILES string of the molecule is CCOc1ccc(-c2nc3n(c2N)CC(C)CC3)cc1. The number of hydrogen-bond acceptors (Lipinski definition) is 3. The average molecular weight is 271 g/mol. The van der Waals surface area contributed by atoms with E-state index in [1.165, 1.54) is 6.42 Å². The third-order valence-corrected chi connectivity index (χ3v) is 3.88. The number of ether oxygens (including phenoxy) is 1. The van der Waals surface area contributed by atoms with Crippen LogP contribution >= 0.6 is 0 Å². The molecule has 4 nitrogen and oxygen atoms in total. The van der Waals surface area contributed by atoms with Gasteiger partial charge in [0.2, 0.25) is 0 Å². The molecule has 3 rings (SSSR count). The van der Waals surface area contributed by atoms with Gasteiger partial charge in [0.25, 0.3) is 0 Å². The highest BCUT2D eigenvalue weighted by Crippen LogP contribution is 2.31. The number of fused-ring (bicyclic) bond motifs is 1. The van der Waals surface area contributed by atoms with Gasteiger partial charge >= 0.3 is 0 Å². The number of imidazole rings is 1. The predicted octanol–water partition coefficient (Wildman–Crippen LogP) is 3.11. The van der Waals surface area contributed by atoms with Crippen molar-refractivity contribution in [3.05, 3.63) is 30.1 Å². The van der Waals surface area contributed by atoms with Gasteiger partial charge in [0, 0.05) is 18.5 Å². The molecule has 0 radical (unpaired) electrons. The van der Waals surface area contributed by atoms with Crippen LogP contribution in [0.25, 0.3) is 11.3 Å². The second-order valence-corrected chi connectivity index (χ2v) is 5.47. The summed E-state index contributed by atoms with van der Waals surface area (Å²) in [4.78, 5) is 4.73. The highest BCUT2D eigenvalue weighted by molar-refractivity contribution is 5.71. The molecule has 1 atom stereocenters. The van der Waals surface area contributed by atoms with E-state index in [0.29, 0.717) is 12.5 Å². The van der Waals surface area contributed by atoms with Gasteiger partial charge in [-0.05, 0) is 43.5 Å². The molecule has 0 saturated heterocycles. The fourth-order valence-electron chi connectivity index (χ4n) is 2.77. The summed E-state index contributed by atoms with van der Waals surface area (Å²) in [6.07, 6.45) is 2.21. The number of rotatable bonds is 3. The Kier molecular flexibility index (Phi) is 3.38. The van der Waals surface area contributed by atoms with Crippen molar-refractivity contribution in [1.82, 2.24) is 9.55 Å². The van der Waals surface area contributed by atoms with E-state index in [2.05, 4.69) is 11.5 Å². The maximum absolute atomic E-state index is 6.28. The Morgan fingerprint density at radius 1 is 1.35 bits per heavy atom. The molecule has 4 heteroatoms. The summed E-state index contributed by atoms with van der Waals surface area (Å²) < 4.78 is 7.63. The first-order valence-electron chi connectivity index (χ1n) is 7.27. The molecule has 0 spiro atoms. The van der Waals surface area contributed by atoms with Crippen molar-refractivity contribution in [2.75, 3.05) is 12.3 Å². The Morgan fingerprint density at radius 2 is 2.10 bits per heavy atom. The molecule has 1 aliphatic heterocycles. The first-order chi connectivity index (χ1) is 9.69. The second-order valence-electron chi connectivity index (χ2n) is 5.47. The Hall–Kier alpha value is -1.97. The van der Waals surface area contributed by atoms with Gasteiger partial charge in [-0.1, -0.05) is 6.92 Å². The van der Waals surface area contributed by atoms with Crippen molar-refractivity contribution in [2.45, 2.75) is 33.2 Å². The lowest BCUT2D eigenvalue weighted by atomic mass is 10.0. The molecule has 0 bridgehead atoms. The zero-order valence-electron chi connectivity index (χ0n) is 12.1. The first-order valence-corrected chi connectivity index (χ1v) is 7.27. The molecule has 0 saturated carbocycles. The molecule has 1 aromatic heterocycles. The van der Waals surface area contributed by atoms with Crippen LogP contribution in [0, 0.1) is 5.92 Å². The quantitative estimate of drug-likeness (QED) is 0.933. The van der Waals surface area contributed by atoms with Crippen LogP contribution in [0.3, 0.4) is 0 Å². The van der Waals surface area contributed by atoms with E-state index < -0.39 is 0 Å². The number of benzene rings is 1. The number of nitrogen functional groups attached to an aromatic ring is 1. The summed E-state index contributed by atoms with van der Waals surface area (Å²) >= 11 is 0. The lowest BCUT2D eigenvalue weighted by molar-refractivity contribution is 0.340. The molecule has 1 aliphatic rings. The average Bonchev–Trinajstić information content (AvgIpc) is 2.77. The molecule has 2 aromatic rings. The Morgan fingerprint density at radius 3 is 2.80 bits per heavy atom. The van der Waals surface area contributed by atoms with Crippen LogP contribution < -0.4 is 10.5 Å². The van der Waals surface area contributed by atoms with Gasteiger partial charge in [-0.15, -0.1) is 0 Å². The summed E-state index contributed by atoms with van der Waals surface area (Å²) in [5.41, 5.74) is 8.24. The fraction of sp³-hybridized carbons (Fsp3) is 0.438. The summed E-state index contributed by atoms with van der Waals surface area (Å²) in [6, 6.07) is 8.00. The lowest BCUT2D eigenvalue weighted by Gasteiger charge is -2.20. The minimum atomic E-state index is 0.673. The molecule has 1 unspecified atom stereocenters. The number of nitrogens with two attached hydrogens (primary N) is 1. The van der Waals surface area contributed by atoms with E-state index in [1.807, 2.05) is 31.2 Å². The third kappa shape index (κ3) is 2.26. The lowest BCUT2D eigenvalue weighted by Crippen LogP contribution is -2.19. The maximum atomic E-state index is 6.28. The number of hydrogen-bond donors (Lipinski definition) is 1. The van der Waals surface area contributed by atoms with Crippen LogP contribution in [0.4, 0.5) is 5.82 Å². The summed E-state index contributed by atoms with van der Waals surface area (Å²) in [6.45, 7) is 5.90. The van der Waals surface area contributed by atoms with Crippen molar-refractivity contribution in [3.63, 3.8) is 0 Å². The zero-order valence-corrected chi connectivity index (χ0v) is 12.1. The predicted molar refractivity (Wildman–Crippen MR) is 80.7 cm³/mol. The summed E-state index contributed by atoms with van der Waals surface area (Å²) in [5.74, 6) is 3.46. The smallest absolute Gasteiger partial charge is 0.131 e. The van der Waals surface area contributed by atoms with E-state index in [-0.39, 0.29) is 0 Å². The van der Waals surface area contributed by atoms with Gasteiger partial charge in [-0.3, -0.25) is 0 Å². The molecule has 0 fully saturated rings. The number of anilines is 1. The van der Waals surface area contributed by atoms with Crippen molar-refractivity contribution in [1.29, 1.82) is 0 Å². The Bertz CT molecular complexity index is 601. The number of aromatic nitrogens is 2. The van der Waals surface area contributed by atoms with E-state index in [1.54, 1.807) is 0 Å². The van der Waals surface area contributed by atoms with Gasteiger partial charge in [-0.2, -0.15) is 0 Å². The number of nitrogens with zero attached hydrogens (tertiary/aromatic N) is 2. The van der Waals surface area contributed by atoms with E-state index in [4.69, 9.17) is 15.5 Å². The molecule has 0 amide bonds. The molecule has 2 N–H and O–H groups in total. The van der Waals surface area contributed by atoms with Gasteiger partial charge < -0.3 is 15.0 Å². The fourth-order valence-corrected chi connectivity index (χ4v) is 2.77. The molecular formula is C16H21N3O. The van der Waals surface area contributed by atoms with Crippen LogP contribution in [0.15, 0.2) is 24.3 Å². The van der Waals surface area contributed by atoms with Crippen LogP contribution in [0.5, 0.6) is 5.75 Å². The topological polar surface area (TPSA) is 53.1 Å². The van der Waals surface area contributed by atoms with Crippen LogP contribution in [-0.4, -0.2) is 16.2 Å². The van der Waals surface area contributed by atoms with Gasteiger partial charge in [0.05, 0.1) is 6.61 Å². The second kappa shape index (κ2) is 5.19. The van der Waals surface area contributed by atoms with Crippen molar-refractivity contribution < 1.29 is 4.74 Å². The minimum Gasteiger partial charge on any atom is -0.494 e. The van der Waals surface area contributed by atoms with Crippen molar-refractivity contribution in [3.8, 4) is 17.0 Å². The normalized spacial score (nSPS) is 17.8. The monoisotopic (exact) mass is 271 g/mol. The minimum absolute atomic E-state index is 0.673. The first kappa shape index (κ1) is 13.0. The van der Waals surface area contributed by atoms with E-state index >= 15 is 0 Å². The highest BCUT2D eigenvalue weighted by atomic mass is 16.5. The van der Waals surface area contributed by atoms with Crippen LogP contribution in [-0.2, 0) is 13.0 Å². The van der Waals surface area contributed by atoms with Gasteiger partial charge in [0.1, 0.15) is 23.1 Å². The Labute approximate surface area is 119 Å². The van der Waals surface area contributed by atoms with E-state index in [0.717, 1.165) is 41.6 Å². The molecule has 1 aromatic carbocycles. The standard InChI is InChI=1S/C16H21N3O/c1-3-20-13-7-5-12(6-8-13)15-16(17)19-10-11(2)4-9-14(19)18-15/h5-8,11H,3-4,9-10,17H2,1-2H3. The Balaban J connectivity index is 1.94. The molecule has 0 aliphatic carbocycles. The molecule has 106 valence electrons. The van der Waals surface area contributed by atoms with Crippen LogP contribution in [0.1, 0.15) is 26.1 Å². The zero-order chi connectivity index (χ0) is 14.1. The van der Waals surface area contributed by atoms with Crippen molar-refractivity contribution in [2.24, 2.45) is 5.92 Å². The molecular weight excluding hydrogens is 250 g/mol.